The molecule has 0 unspecified atom stereocenters. The largest absolute Gasteiger partial charge is 0.458 e. The highest BCUT2D eigenvalue weighted by atomic mass is 19.1. The number of ether oxygens (including phenoxy) is 1. The number of rotatable bonds is 4. The first-order valence-electron chi connectivity index (χ1n) is 8.07. The smallest absolute Gasteiger partial charge is 0.336 e. The summed E-state index contributed by atoms with van der Waals surface area (Å²) in [7, 11) is 0. The molecular formula is C21H17FO4. The Morgan fingerprint density at radius 3 is 2.77 bits per heavy atom. The molecule has 1 aromatic heterocycles. The van der Waals surface area contributed by atoms with Gasteiger partial charge in [0.1, 0.15) is 18.0 Å². The van der Waals surface area contributed by atoms with Gasteiger partial charge in [-0.1, -0.05) is 24.3 Å². The van der Waals surface area contributed by atoms with Crippen molar-refractivity contribution < 1.29 is 18.3 Å². The molecule has 3 rings (SSSR count). The highest BCUT2D eigenvalue weighted by Gasteiger charge is 2.10. The van der Waals surface area contributed by atoms with E-state index in [1.165, 1.54) is 30.4 Å². The molecule has 0 bridgehead atoms. The Labute approximate surface area is 149 Å². The number of benzene rings is 2. The first-order valence-corrected chi connectivity index (χ1v) is 8.07. The van der Waals surface area contributed by atoms with Crippen molar-refractivity contribution >= 4 is 23.0 Å². The van der Waals surface area contributed by atoms with Crippen LogP contribution in [0.1, 0.15) is 22.3 Å². The van der Waals surface area contributed by atoms with Gasteiger partial charge < -0.3 is 9.15 Å². The van der Waals surface area contributed by atoms with E-state index in [9.17, 15) is 14.0 Å². The monoisotopic (exact) mass is 352 g/mol. The van der Waals surface area contributed by atoms with Crippen LogP contribution in [0.25, 0.3) is 17.0 Å². The lowest BCUT2D eigenvalue weighted by Crippen LogP contribution is -2.06. The molecule has 0 radical (unpaired) electrons. The Bertz CT molecular complexity index is 1060. The second-order valence-corrected chi connectivity index (χ2v) is 5.97. The fourth-order valence-corrected chi connectivity index (χ4v) is 2.62. The van der Waals surface area contributed by atoms with Gasteiger partial charge in [-0.15, -0.1) is 0 Å². The summed E-state index contributed by atoms with van der Waals surface area (Å²) in [6, 6.07) is 10.9. The van der Waals surface area contributed by atoms with Crippen LogP contribution in [0.5, 0.6) is 0 Å². The molecule has 0 atom stereocenters. The predicted octanol–water partition coefficient (Wildman–Crippen LogP) is 4.31. The van der Waals surface area contributed by atoms with Gasteiger partial charge in [-0.25, -0.2) is 14.0 Å². The first kappa shape index (κ1) is 17.6. The number of hydrogen-bond donors (Lipinski definition) is 0. The first-order chi connectivity index (χ1) is 12.4. The number of carbonyl (C=O) groups is 1. The van der Waals surface area contributed by atoms with Gasteiger partial charge in [0.05, 0.1) is 0 Å². The molecule has 0 amide bonds. The fraction of sp³-hybridized carbons (Fsp3) is 0.143. The quantitative estimate of drug-likeness (QED) is 0.399. The van der Waals surface area contributed by atoms with E-state index < -0.39 is 11.6 Å². The number of esters is 1. The van der Waals surface area contributed by atoms with Gasteiger partial charge in [0.15, 0.2) is 0 Å². The minimum Gasteiger partial charge on any atom is -0.458 e. The van der Waals surface area contributed by atoms with Crippen LogP contribution >= 0.6 is 0 Å². The summed E-state index contributed by atoms with van der Waals surface area (Å²) in [4.78, 5) is 23.7. The summed E-state index contributed by atoms with van der Waals surface area (Å²) in [5, 5.41) is 0.731. The Kier molecular flexibility index (Phi) is 4.98. The molecule has 0 aliphatic heterocycles. The molecule has 4 nitrogen and oxygen atoms in total. The standard InChI is InChI=1S/C21H17FO4/c1-13-6-8-18-16(11-20(24)26-21(18)14(13)2)12-25-19(23)9-7-15-4-3-5-17(22)10-15/h3-11H,12H2,1-2H3/b9-7+. The third-order valence-corrected chi connectivity index (χ3v) is 4.15. The topological polar surface area (TPSA) is 56.5 Å². The van der Waals surface area contributed by atoms with Crippen molar-refractivity contribution in [2.24, 2.45) is 0 Å². The van der Waals surface area contributed by atoms with E-state index >= 15 is 0 Å². The summed E-state index contributed by atoms with van der Waals surface area (Å²) in [6.07, 6.45) is 2.69. The molecule has 2 aromatic carbocycles. The summed E-state index contributed by atoms with van der Waals surface area (Å²) in [5.74, 6) is -0.965. The Morgan fingerprint density at radius 2 is 2.00 bits per heavy atom. The molecule has 26 heavy (non-hydrogen) atoms. The van der Waals surface area contributed by atoms with Crippen LogP contribution < -0.4 is 5.63 Å². The zero-order valence-corrected chi connectivity index (χ0v) is 14.4. The molecule has 0 saturated carbocycles. The minimum absolute atomic E-state index is 0.0586. The van der Waals surface area contributed by atoms with Gasteiger partial charge in [0, 0.05) is 23.1 Å². The third-order valence-electron chi connectivity index (χ3n) is 4.15. The van der Waals surface area contributed by atoms with Crippen molar-refractivity contribution in [1.82, 2.24) is 0 Å². The number of hydrogen-bond acceptors (Lipinski definition) is 4. The molecular weight excluding hydrogens is 335 g/mol. The SMILES string of the molecule is Cc1ccc2c(COC(=O)/C=C/c3cccc(F)c3)cc(=O)oc2c1C. The van der Waals surface area contributed by atoms with E-state index in [1.807, 2.05) is 26.0 Å². The minimum atomic E-state index is -0.584. The van der Waals surface area contributed by atoms with Crippen molar-refractivity contribution in [2.75, 3.05) is 0 Å². The number of aryl methyl sites for hydroxylation is 2. The lowest BCUT2D eigenvalue weighted by atomic mass is 10.0. The molecule has 0 saturated heterocycles. The van der Waals surface area contributed by atoms with Gasteiger partial charge in [-0.3, -0.25) is 0 Å². The highest BCUT2D eigenvalue weighted by Crippen LogP contribution is 2.23. The van der Waals surface area contributed by atoms with E-state index in [0.29, 0.717) is 16.7 Å². The molecule has 0 spiro atoms. The summed E-state index contributed by atoms with van der Waals surface area (Å²) in [5.41, 5.74) is 3.02. The van der Waals surface area contributed by atoms with Gasteiger partial charge in [0.2, 0.25) is 0 Å². The molecule has 0 N–H and O–H groups in total. The van der Waals surface area contributed by atoms with Crippen LogP contribution in [0.15, 0.2) is 57.8 Å². The van der Waals surface area contributed by atoms with Gasteiger partial charge in [-0.2, -0.15) is 0 Å². The van der Waals surface area contributed by atoms with E-state index in [2.05, 4.69) is 0 Å². The summed E-state index contributed by atoms with van der Waals surface area (Å²) < 4.78 is 23.6. The second kappa shape index (κ2) is 7.35. The van der Waals surface area contributed by atoms with Gasteiger partial charge in [-0.05, 0) is 48.7 Å². The zero-order chi connectivity index (χ0) is 18.7. The maximum absolute atomic E-state index is 13.1. The highest BCUT2D eigenvalue weighted by molar-refractivity contribution is 5.88. The molecule has 132 valence electrons. The van der Waals surface area contributed by atoms with Crippen molar-refractivity contribution in [1.29, 1.82) is 0 Å². The van der Waals surface area contributed by atoms with Gasteiger partial charge >= 0.3 is 11.6 Å². The van der Waals surface area contributed by atoms with E-state index in [4.69, 9.17) is 9.15 Å². The number of halogens is 1. The lowest BCUT2D eigenvalue weighted by molar-refractivity contribution is -0.138. The van der Waals surface area contributed by atoms with Crippen molar-refractivity contribution in [3.63, 3.8) is 0 Å². The average molecular weight is 352 g/mol. The predicted molar refractivity (Wildman–Crippen MR) is 97.2 cm³/mol. The zero-order valence-electron chi connectivity index (χ0n) is 14.4. The molecule has 5 heteroatoms. The number of carbonyl (C=O) groups excluding carboxylic acids is 1. The Hall–Kier alpha value is -3.21. The molecule has 3 aromatic rings. The molecule has 0 aliphatic carbocycles. The molecule has 0 aliphatic rings. The van der Waals surface area contributed by atoms with Crippen LogP contribution in [0.4, 0.5) is 4.39 Å². The summed E-state index contributed by atoms with van der Waals surface area (Å²) >= 11 is 0. The van der Waals surface area contributed by atoms with Gasteiger partial charge in [0.25, 0.3) is 0 Å². The maximum Gasteiger partial charge on any atom is 0.336 e. The molecule has 0 fully saturated rings. The normalized spacial score (nSPS) is 11.2. The van der Waals surface area contributed by atoms with Crippen LogP contribution in [0, 0.1) is 19.7 Å². The Balaban J connectivity index is 1.78. The van der Waals surface area contributed by atoms with Crippen LogP contribution in [0.2, 0.25) is 0 Å². The van der Waals surface area contributed by atoms with Crippen molar-refractivity contribution in [3.8, 4) is 0 Å². The fourth-order valence-electron chi connectivity index (χ4n) is 2.62. The number of fused-ring (bicyclic) bond motifs is 1. The van der Waals surface area contributed by atoms with Crippen LogP contribution in [0.3, 0.4) is 0 Å². The van der Waals surface area contributed by atoms with E-state index in [-0.39, 0.29) is 12.4 Å². The Morgan fingerprint density at radius 1 is 1.19 bits per heavy atom. The average Bonchev–Trinajstić information content (AvgIpc) is 2.61. The third kappa shape index (κ3) is 3.88. The van der Waals surface area contributed by atoms with Crippen molar-refractivity contribution in [3.05, 3.63) is 87.0 Å². The van der Waals surface area contributed by atoms with Crippen molar-refractivity contribution in [2.45, 2.75) is 20.5 Å². The van der Waals surface area contributed by atoms with Crippen LogP contribution in [-0.2, 0) is 16.1 Å². The molecule has 1 heterocycles. The van der Waals surface area contributed by atoms with E-state index in [1.54, 1.807) is 12.1 Å². The van der Waals surface area contributed by atoms with E-state index in [0.717, 1.165) is 16.5 Å². The maximum atomic E-state index is 13.1. The lowest BCUT2D eigenvalue weighted by Gasteiger charge is -2.09. The second-order valence-electron chi connectivity index (χ2n) is 5.97. The summed E-state index contributed by atoms with van der Waals surface area (Å²) in [6.45, 7) is 3.74. The van der Waals surface area contributed by atoms with Crippen LogP contribution in [-0.4, -0.2) is 5.97 Å².